The van der Waals surface area contributed by atoms with E-state index in [1.165, 1.54) is 11.8 Å². The predicted octanol–water partition coefficient (Wildman–Crippen LogP) is 0.517. The fourth-order valence-electron chi connectivity index (χ4n) is 0.966. The summed E-state index contributed by atoms with van der Waals surface area (Å²) in [5, 5.41) is 10.9. The average Bonchev–Trinajstić information content (AvgIpc) is 2.74. The van der Waals surface area contributed by atoms with Gasteiger partial charge in [0.15, 0.2) is 0 Å². The van der Waals surface area contributed by atoms with Crippen molar-refractivity contribution in [2.24, 2.45) is 0 Å². The largest absolute Gasteiger partial charge is 0.468 e. The topological polar surface area (TPSA) is 79.1 Å². The van der Waals surface area contributed by atoms with Crippen molar-refractivity contribution >= 4 is 17.7 Å². The summed E-state index contributed by atoms with van der Waals surface area (Å²) in [5.74, 6) is -0.292. The minimum atomic E-state index is -4.34. The summed E-state index contributed by atoms with van der Waals surface area (Å²) in [5.41, 5.74) is 0. The molecule has 0 amide bonds. The van der Waals surface area contributed by atoms with E-state index in [9.17, 15) is 18.0 Å². The zero-order valence-corrected chi connectivity index (χ0v) is 10.7. The fourth-order valence-corrected chi connectivity index (χ4v) is 1.69. The van der Waals surface area contributed by atoms with Crippen LogP contribution in [-0.4, -0.2) is 58.4 Å². The number of aromatic nitrogens is 4. The van der Waals surface area contributed by atoms with Gasteiger partial charge < -0.3 is 9.47 Å². The van der Waals surface area contributed by atoms with Crippen LogP contribution in [0.1, 0.15) is 0 Å². The molecule has 0 aliphatic rings. The van der Waals surface area contributed by atoms with Gasteiger partial charge in [0.2, 0.25) is 5.16 Å². The van der Waals surface area contributed by atoms with E-state index in [0.717, 1.165) is 11.8 Å². The summed E-state index contributed by atoms with van der Waals surface area (Å²) in [4.78, 5) is 11.0. The lowest BCUT2D eigenvalue weighted by Crippen LogP contribution is -2.18. The van der Waals surface area contributed by atoms with Gasteiger partial charge in [-0.1, -0.05) is 11.8 Å². The Hall–Kier alpha value is -1.36. The molecule has 108 valence electrons. The van der Waals surface area contributed by atoms with Gasteiger partial charge in [-0.15, -0.1) is 5.10 Å². The number of thioether (sulfide) groups is 1. The highest BCUT2D eigenvalue weighted by Gasteiger charge is 2.27. The molecule has 1 aromatic rings. The summed E-state index contributed by atoms with van der Waals surface area (Å²) in [6.07, 6.45) is -4.34. The molecular weight excluding hydrogens is 289 g/mol. The maximum absolute atomic E-state index is 11.8. The normalized spacial score (nSPS) is 11.6. The highest BCUT2D eigenvalue weighted by Crippen LogP contribution is 2.16. The van der Waals surface area contributed by atoms with Gasteiger partial charge in [-0.2, -0.15) is 13.2 Å². The lowest BCUT2D eigenvalue weighted by Gasteiger charge is -2.07. The Morgan fingerprint density at radius 2 is 2.21 bits per heavy atom. The Kier molecular flexibility index (Phi) is 6.02. The predicted molar refractivity (Wildman–Crippen MR) is 57.4 cm³/mol. The minimum Gasteiger partial charge on any atom is -0.468 e. The van der Waals surface area contributed by atoms with Crippen LogP contribution in [0.5, 0.6) is 0 Å². The van der Waals surface area contributed by atoms with Crippen LogP contribution in [0.15, 0.2) is 5.16 Å². The van der Waals surface area contributed by atoms with Crippen molar-refractivity contribution in [1.29, 1.82) is 0 Å². The second-order valence-electron chi connectivity index (χ2n) is 3.21. The summed E-state index contributed by atoms with van der Waals surface area (Å²) in [7, 11) is 1.23. The molecule has 0 aliphatic heterocycles. The van der Waals surface area contributed by atoms with Crippen molar-refractivity contribution in [2.75, 3.05) is 26.1 Å². The second kappa shape index (κ2) is 7.28. The van der Waals surface area contributed by atoms with Gasteiger partial charge in [-0.3, -0.25) is 4.79 Å². The summed E-state index contributed by atoms with van der Waals surface area (Å²) in [6, 6.07) is 0. The molecule has 7 nitrogen and oxygen atoms in total. The lowest BCUT2D eigenvalue weighted by molar-refractivity contribution is -0.172. The van der Waals surface area contributed by atoms with Crippen molar-refractivity contribution < 1.29 is 27.4 Å². The number of rotatable bonds is 7. The number of methoxy groups -OCH3 is 1. The molecule has 0 saturated heterocycles. The van der Waals surface area contributed by atoms with Crippen LogP contribution < -0.4 is 0 Å². The molecule has 1 heterocycles. The zero-order chi connectivity index (χ0) is 14.3. The maximum Gasteiger partial charge on any atom is 0.411 e. The Morgan fingerprint density at radius 1 is 1.47 bits per heavy atom. The van der Waals surface area contributed by atoms with E-state index in [1.54, 1.807) is 0 Å². The van der Waals surface area contributed by atoms with Crippen molar-refractivity contribution in [1.82, 2.24) is 20.2 Å². The molecule has 11 heteroatoms. The highest BCUT2D eigenvalue weighted by molar-refractivity contribution is 7.99. The van der Waals surface area contributed by atoms with Crippen LogP contribution in [0.3, 0.4) is 0 Å². The third kappa shape index (κ3) is 6.38. The molecule has 0 spiro atoms. The first-order chi connectivity index (χ1) is 8.92. The van der Waals surface area contributed by atoms with Crippen LogP contribution >= 0.6 is 11.8 Å². The number of ether oxygens (including phenoxy) is 2. The van der Waals surface area contributed by atoms with E-state index in [4.69, 9.17) is 0 Å². The third-order valence-corrected chi connectivity index (χ3v) is 2.65. The number of alkyl halides is 3. The SMILES string of the molecule is COC(=O)Cn1nnnc1SCCOCC(F)(F)F. The van der Waals surface area contributed by atoms with E-state index < -0.39 is 18.8 Å². The van der Waals surface area contributed by atoms with Crippen molar-refractivity contribution in [3.8, 4) is 0 Å². The molecule has 0 bridgehead atoms. The summed E-state index contributed by atoms with van der Waals surface area (Å²) in [6.45, 7) is -1.55. The molecule has 0 atom stereocenters. The molecule has 0 saturated carbocycles. The highest BCUT2D eigenvalue weighted by atomic mass is 32.2. The second-order valence-corrected chi connectivity index (χ2v) is 4.27. The molecule has 0 aliphatic carbocycles. The standard InChI is InChI=1S/C8H11F3N4O3S/c1-17-6(16)4-15-7(12-13-14-15)19-3-2-18-5-8(9,10)11/h2-5H2,1H3. The molecule has 1 aromatic heterocycles. The van der Waals surface area contributed by atoms with Crippen LogP contribution in [0.25, 0.3) is 0 Å². The Morgan fingerprint density at radius 3 is 2.84 bits per heavy atom. The molecular formula is C8H11F3N4O3S. The monoisotopic (exact) mass is 300 g/mol. The van der Waals surface area contributed by atoms with Gasteiger partial charge in [0.25, 0.3) is 0 Å². The van der Waals surface area contributed by atoms with Crippen LogP contribution in [-0.2, 0) is 20.8 Å². The first kappa shape index (κ1) is 15.7. The Balaban J connectivity index is 2.30. The number of esters is 1. The Labute approximate surface area is 110 Å². The maximum atomic E-state index is 11.8. The first-order valence-electron chi connectivity index (χ1n) is 5.02. The smallest absolute Gasteiger partial charge is 0.411 e. The van der Waals surface area contributed by atoms with E-state index in [0.29, 0.717) is 5.16 Å². The third-order valence-electron chi connectivity index (χ3n) is 1.73. The number of nitrogens with zero attached hydrogens (tertiary/aromatic N) is 4. The van der Waals surface area contributed by atoms with Gasteiger partial charge in [0, 0.05) is 5.75 Å². The van der Waals surface area contributed by atoms with Crippen molar-refractivity contribution in [3.05, 3.63) is 0 Å². The van der Waals surface area contributed by atoms with Gasteiger partial charge >= 0.3 is 12.1 Å². The number of hydrogen-bond acceptors (Lipinski definition) is 7. The minimum absolute atomic E-state index is 0.102. The molecule has 0 aromatic carbocycles. The number of carbonyl (C=O) groups excluding carboxylic acids is 1. The van der Waals surface area contributed by atoms with E-state index >= 15 is 0 Å². The molecule has 0 N–H and O–H groups in total. The zero-order valence-electron chi connectivity index (χ0n) is 9.88. The molecule has 0 fully saturated rings. The average molecular weight is 300 g/mol. The van der Waals surface area contributed by atoms with Crippen LogP contribution in [0, 0.1) is 0 Å². The van der Waals surface area contributed by atoms with E-state index in [2.05, 4.69) is 25.0 Å². The van der Waals surface area contributed by atoms with Gasteiger partial charge in [0.1, 0.15) is 13.2 Å². The van der Waals surface area contributed by atoms with Crippen LogP contribution in [0.4, 0.5) is 13.2 Å². The quantitative estimate of drug-likeness (QED) is 0.412. The van der Waals surface area contributed by atoms with Crippen LogP contribution in [0.2, 0.25) is 0 Å². The van der Waals surface area contributed by atoms with E-state index in [-0.39, 0.29) is 18.9 Å². The number of hydrogen-bond donors (Lipinski definition) is 0. The number of tetrazole rings is 1. The first-order valence-corrected chi connectivity index (χ1v) is 6.01. The fraction of sp³-hybridized carbons (Fsp3) is 0.750. The van der Waals surface area contributed by atoms with E-state index in [1.807, 2.05) is 0 Å². The van der Waals surface area contributed by atoms with Crippen molar-refractivity contribution in [3.63, 3.8) is 0 Å². The van der Waals surface area contributed by atoms with Gasteiger partial charge in [-0.25, -0.2) is 4.68 Å². The molecule has 0 unspecified atom stereocenters. The Bertz CT molecular complexity index is 412. The lowest BCUT2D eigenvalue weighted by atomic mass is 10.7. The molecule has 1 rings (SSSR count). The summed E-state index contributed by atoms with van der Waals surface area (Å²) < 4.78 is 45.4. The number of halogens is 3. The summed E-state index contributed by atoms with van der Waals surface area (Å²) >= 11 is 1.08. The van der Waals surface area contributed by atoms with Gasteiger partial charge in [0.05, 0.1) is 13.7 Å². The number of carbonyl (C=O) groups is 1. The molecule has 19 heavy (non-hydrogen) atoms. The van der Waals surface area contributed by atoms with Gasteiger partial charge in [-0.05, 0) is 10.4 Å². The molecule has 0 radical (unpaired) electrons. The van der Waals surface area contributed by atoms with Crippen molar-refractivity contribution in [2.45, 2.75) is 17.9 Å².